The first kappa shape index (κ1) is 11.4. The van der Waals surface area contributed by atoms with Gasteiger partial charge in [0.05, 0.1) is 4.83 Å². The number of halogens is 1. The molecule has 1 unspecified atom stereocenters. The van der Waals surface area contributed by atoms with Crippen LogP contribution in [0.5, 0.6) is 0 Å². The highest BCUT2D eigenvalue weighted by molar-refractivity contribution is 9.09. The fourth-order valence-corrected chi connectivity index (χ4v) is 4.21. The number of hydrogen-bond donors (Lipinski definition) is 0. The predicted octanol–water partition coefficient (Wildman–Crippen LogP) is 5.11. The molecule has 0 fully saturated rings. The van der Waals surface area contributed by atoms with Gasteiger partial charge in [0.2, 0.25) is 0 Å². The molecule has 0 radical (unpaired) electrons. The topological polar surface area (TPSA) is 0 Å². The minimum atomic E-state index is 0.466. The highest BCUT2D eigenvalue weighted by Gasteiger charge is 2.12. The molecule has 3 heteroatoms. The van der Waals surface area contributed by atoms with Crippen LogP contribution in [0.4, 0.5) is 0 Å². The van der Waals surface area contributed by atoms with Gasteiger partial charge in [-0.25, -0.2) is 0 Å². The molecule has 0 amide bonds. The molecule has 0 spiro atoms. The van der Waals surface area contributed by atoms with E-state index in [1.165, 1.54) is 20.2 Å². The van der Waals surface area contributed by atoms with E-state index in [9.17, 15) is 0 Å². The molecule has 0 bridgehead atoms. The van der Waals surface area contributed by atoms with Crippen LogP contribution in [0.1, 0.15) is 25.0 Å². The van der Waals surface area contributed by atoms with Crippen LogP contribution in [0.15, 0.2) is 23.6 Å². The van der Waals surface area contributed by atoms with Crippen molar-refractivity contribution in [2.75, 3.05) is 0 Å². The van der Waals surface area contributed by atoms with Gasteiger partial charge in [-0.3, -0.25) is 0 Å². The van der Waals surface area contributed by atoms with E-state index in [-0.39, 0.29) is 0 Å². The Morgan fingerprint density at radius 3 is 2.73 bits per heavy atom. The van der Waals surface area contributed by atoms with E-state index >= 15 is 0 Å². The van der Waals surface area contributed by atoms with Crippen LogP contribution in [-0.2, 0) is 6.42 Å². The third-order valence-corrected chi connectivity index (χ3v) is 5.74. The van der Waals surface area contributed by atoms with E-state index in [0.717, 1.165) is 6.42 Å². The van der Waals surface area contributed by atoms with Gasteiger partial charge in [0, 0.05) is 14.6 Å². The SMILES string of the molecule is Cc1cc(C(Br)Cc2cccs2)sc1C. The molecule has 2 heterocycles. The largest absolute Gasteiger partial charge is 0.149 e. The van der Waals surface area contributed by atoms with Crippen LogP contribution in [0, 0.1) is 13.8 Å². The summed E-state index contributed by atoms with van der Waals surface area (Å²) in [6.45, 7) is 4.37. The smallest absolute Gasteiger partial charge is 0.0537 e. The average molecular weight is 301 g/mol. The fourth-order valence-electron chi connectivity index (χ4n) is 1.46. The number of rotatable bonds is 3. The minimum absolute atomic E-state index is 0.466. The van der Waals surface area contributed by atoms with Crippen molar-refractivity contribution in [1.29, 1.82) is 0 Å². The van der Waals surface area contributed by atoms with E-state index < -0.39 is 0 Å². The molecular formula is C12H13BrS2. The van der Waals surface area contributed by atoms with E-state index in [1.807, 2.05) is 22.7 Å². The van der Waals surface area contributed by atoms with Crippen molar-refractivity contribution in [3.8, 4) is 0 Å². The minimum Gasteiger partial charge on any atom is -0.149 e. The van der Waals surface area contributed by atoms with Gasteiger partial charge in [-0.1, -0.05) is 22.0 Å². The van der Waals surface area contributed by atoms with Crippen LogP contribution in [0.2, 0.25) is 0 Å². The lowest BCUT2D eigenvalue weighted by Gasteiger charge is -2.04. The van der Waals surface area contributed by atoms with Crippen molar-refractivity contribution < 1.29 is 0 Å². The second kappa shape index (κ2) is 4.81. The number of hydrogen-bond acceptors (Lipinski definition) is 2. The number of aryl methyl sites for hydroxylation is 2. The molecule has 80 valence electrons. The van der Waals surface area contributed by atoms with Gasteiger partial charge >= 0.3 is 0 Å². The highest BCUT2D eigenvalue weighted by atomic mass is 79.9. The van der Waals surface area contributed by atoms with E-state index in [2.05, 4.69) is 53.4 Å². The van der Waals surface area contributed by atoms with Crippen molar-refractivity contribution in [1.82, 2.24) is 0 Å². The van der Waals surface area contributed by atoms with Crippen molar-refractivity contribution in [3.05, 3.63) is 43.8 Å². The molecule has 0 aromatic carbocycles. The third-order valence-electron chi connectivity index (χ3n) is 2.45. The summed E-state index contributed by atoms with van der Waals surface area (Å²) in [4.78, 5) is 4.79. The second-order valence-electron chi connectivity index (χ2n) is 3.64. The van der Waals surface area contributed by atoms with Gasteiger partial charge in [-0.2, -0.15) is 0 Å². The lowest BCUT2D eigenvalue weighted by Crippen LogP contribution is -1.89. The zero-order valence-corrected chi connectivity index (χ0v) is 12.0. The summed E-state index contributed by atoms with van der Waals surface area (Å²) in [6.07, 6.45) is 1.09. The van der Waals surface area contributed by atoms with Crippen molar-refractivity contribution in [2.24, 2.45) is 0 Å². The van der Waals surface area contributed by atoms with Crippen molar-refractivity contribution in [3.63, 3.8) is 0 Å². The van der Waals surface area contributed by atoms with Gasteiger partial charge in [0.25, 0.3) is 0 Å². The summed E-state index contributed by atoms with van der Waals surface area (Å²) in [5.41, 5.74) is 1.41. The predicted molar refractivity (Wildman–Crippen MR) is 73.5 cm³/mol. The molecule has 0 aliphatic rings. The van der Waals surface area contributed by atoms with Crippen molar-refractivity contribution in [2.45, 2.75) is 25.1 Å². The Bertz CT molecular complexity index is 409. The maximum atomic E-state index is 3.77. The Balaban J connectivity index is 2.11. The summed E-state index contributed by atoms with van der Waals surface area (Å²) in [7, 11) is 0. The Kier molecular flexibility index (Phi) is 3.65. The summed E-state index contributed by atoms with van der Waals surface area (Å²) in [5, 5.41) is 2.14. The molecule has 15 heavy (non-hydrogen) atoms. The molecule has 0 saturated carbocycles. The highest BCUT2D eigenvalue weighted by Crippen LogP contribution is 2.34. The number of thiophene rings is 2. The molecule has 2 aromatic heterocycles. The zero-order chi connectivity index (χ0) is 10.8. The van der Waals surface area contributed by atoms with E-state index in [1.54, 1.807) is 0 Å². The van der Waals surface area contributed by atoms with Crippen LogP contribution in [0.3, 0.4) is 0 Å². The van der Waals surface area contributed by atoms with Gasteiger partial charge < -0.3 is 0 Å². The second-order valence-corrected chi connectivity index (χ2v) is 7.06. The standard InChI is InChI=1S/C12H13BrS2/c1-8-6-12(15-9(8)2)11(13)7-10-4-3-5-14-10/h3-6,11H,7H2,1-2H3. The normalized spacial score (nSPS) is 13.0. The molecule has 2 aromatic rings. The molecule has 0 saturated heterocycles. The van der Waals surface area contributed by atoms with Gasteiger partial charge in [-0.05, 0) is 43.3 Å². The summed E-state index contributed by atoms with van der Waals surface area (Å²) >= 11 is 7.51. The maximum Gasteiger partial charge on any atom is 0.0537 e. The zero-order valence-electron chi connectivity index (χ0n) is 8.79. The molecule has 0 aliphatic heterocycles. The van der Waals surface area contributed by atoms with Crippen LogP contribution in [0.25, 0.3) is 0 Å². The van der Waals surface area contributed by atoms with Crippen LogP contribution in [-0.4, -0.2) is 0 Å². The monoisotopic (exact) mass is 300 g/mol. The molecule has 2 rings (SSSR count). The van der Waals surface area contributed by atoms with E-state index in [0.29, 0.717) is 4.83 Å². The fraction of sp³-hybridized carbons (Fsp3) is 0.333. The molecule has 0 nitrogen and oxygen atoms in total. The quantitative estimate of drug-likeness (QED) is 0.691. The Morgan fingerprint density at radius 1 is 1.40 bits per heavy atom. The molecule has 0 N–H and O–H groups in total. The van der Waals surface area contributed by atoms with Crippen molar-refractivity contribution >= 4 is 38.6 Å². The number of alkyl halides is 1. The summed E-state index contributed by atoms with van der Waals surface area (Å²) in [6, 6.07) is 6.61. The van der Waals surface area contributed by atoms with E-state index in [4.69, 9.17) is 0 Å². The maximum absolute atomic E-state index is 3.77. The Morgan fingerprint density at radius 2 is 2.20 bits per heavy atom. The first-order valence-electron chi connectivity index (χ1n) is 4.90. The Hall–Kier alpha value is -0.120. The molecule has 0 aliphatic carbocycles. The lowest BCUT2D eigenvalue weighted by molar-refractivity contribution is 0.991. The molecular weight excluding hydrogens is 288 g/mol. The first-order valence-corrected chi connectivity index (χ1v) is 7.51. The Labute approximate surface area is 107 Å². The first-order chi connectivity index (χ1) is 7.16. The third kappa shape index (κ3) is 2.71. The van der Waals surface area contributed by atoms with Crippen LogP contribution < -0.4 is 0 Å². The van der Waals surface area contributed by atoms with Gasteiger partial charge in [0.1, 0.15) is 0 Å². The lowest BCUT2D eigenvalue weighted by atomic mass is 10.2. The summed E-state index contributed by atoms with van der Waals surface area (Å²) < 4.78 is 0. The molecule has 1 atom stereocenters. The van der Waals surface area contributed by atoms with Crippen LogP contribution >= 0.6 is 38.6 Å². The van der Waals surface area contributed by atoms with Gasteiger partial charge in [0.15, 0.2) is 0 Å². The summed E-state index contributed by atoms with van der Waals surface area (Å²) in [5.74, 6) is 0. The average Bonchev–Trinajstić information content (AvgIpc) is 2.78. The van der Waals surface area contributed by atoms with Gasteiger partial charge in [-0.15, -0.1) is 22.7 Å².